The van der Waals surface area contributed by atoms with Gasteiger partial charge in [-0.05, 0) is 25.5 Å². The van der Waals surface area contributed by atoms with Gasteiger partial charge in [-0.3, -0.25) is 24.1 Å². The number of hydrogen-bond acceptors (Lipinski definition) is 4. The number of fused-ring (bicyclic) bond motifs is 1. The van der Waals surface area contributed by atoms with Gasteiger partial charge in [0.05, 0.1) is 11.1 Å². The van der Waals surface area contributed by atoms with Crippen LogP contribution in [0.1, 0.15) is 41.0 Å². The van der Waals surface area contributed by atoms with E-state index in [1.165, 1.54) is 0 Å². The van der Waals surface area contributed by atoms with Crippen molar-refractivity contribution in [3.05, 3.63) is 35.4 Å². The molecular weight excluding hydrogens is 298 g/mol. The Morgan fingerprint density at radius 1 is 1.13 bits per heavy atom. The maximum absolute atomic E-state index is 12.1. The zero-order valence-corrected chi connectivity index (χ0v) is 13.1. The highest BCUT2D eigenvalue weighted by molar-refractivity contribution is 6.22. The Labute approximate surface area is 134 Å². The molecule has 1 heterocycles. The molecule has 1 aromatic carbocycles. The van der Waals surface area contributed by atoms with E-state index in [0.29, 0.717) is 17.7 Å². The third kappa shape index (κ3) is 3.56. The van der Waals surface area contributed by atoms with E-state index in [2.05, 4.69) is 10.6 Å². The number of imide groups is 1. The van der Waals surface area contributed by atoms with E-state index >= 15 is 0 Å². The van der Waals surface area contributed by atoms with Crippen molar-refractivity contribution in [1.29, 1.82) is 0 Å². The summed E-state index contributed by atoms with van der Waals surface area (Å²) in [5.74, 6) is -1.85. The second kappa shape index (κ2) is 7.04. The van der Waals surface area contributed by atoms with Crippen LogP contribution in [0.3, 0.4) is 0 Å². The van der Waals surface area contributed by atoms with Crippen molar-refractivity contribution in [3.8, 4) is 0 Å². The molecule has 0 aromatic heterocycles. The van der Waals surface area contributed by atoms with Crippen molar-refractivity contribution in [1.82, 2.24) is 15.5 Å². The fraction of sp³-hybridized carbons (Fsp3) is 0.375. The van der Waals surface area contributed by atoms with Crippen molar-refractivity contribution in [2.24, 2.45) is 0 Å². The summed E-state index contributed by atoms with van der Waals surface area (Å²) in [6.45, 7) is 3.59. The number of rotatable bonds is 6. The van der Waals surface area contributed by atoms with Crippen LogP contribution < -0.4 is 10.6 Å². The third-order valence-corrected chi connectivity index (χ3v) is 3.50. The van der Waals surface area contributed by atoms with Gasteiger partial charge in [-0.1, -0.05) is 19.1 Å². The first-order chi connectivity index (χ1) is 11.0. The van der Waals surface area contributed by atoms with Gasteiger partial charge in [-0.2, -0.15) is 0 Å². The molecule has 0 aliphatic carbocycles. The maximum atomic E-state index is 12.1. The Hall–Kier alpha value is -2.70. The summed E-state index contributed by atoms with van der Waals surface area (Å²) < 4.78 is 0. The number of benzene rings is 1. The average Bonchev–Trinajstić information content (AvgIpc) is 2.78. The minimum absolute atomic E-state index is 0.291. The van der Waals surface area contributed by atoms with E-state index in [9.17, 15) is 19.2 Å². The molecule has 7 nitrogen and oxygen atoms in total. The van der Waals surface area contributed by atoms with E-state index < -0.39 is 30.3 Å². The van der Waals surface area contributed by atoms with Gasteiger partial charge in [0.25, 0.3) is 11.8 Å². The number of carbonyl (C=O) groups is 4. The van der Waals surface area contributed by atoms with Crippen LogP contribution >= 0.6 is 0 Å². The highest BCUT2D eigenvalue weighted by Crippen LogP contribution is 2.21. The molecule has 7 heteroatoms. The maximum Gasteiger partial charge on any atom is 0.262 e. The summed E-state index contributed by atoms with van der Waals surface area (Å²) in [6.07, 6.45) is 0.793. The van der Waals surface area contributed by atoms with Gasteiger partial charge in [-0.25, -0.2) is 0 Å². The topological polar surface area (TPSA) is 95.6 Å². The lowest BCUT2D eigenvalue weighted by molar-refractivity contribution is -0.128. The number of carbonyl (C=O) groups excluding carboxylic acids is 4. The first-order valence-electron chi connectivity index (χ1n) is 7.48. The first kappa shape index (κ1) is 16.7. The summed E-state index contributed by atoms with van der Waals surface area (Å²) in [5.41, 5.74) is 0.582. The number of amides is 4. The molecule has 1 aromatic rings. The van der Waals surface area contributed by atoms with E-state index in [0.717, 1.165) is 11.3 Å². The standard InChI is InChI=1S/C16H19N3O4/c1-3-8-17-14(21)10(2)18-13(20)9-19-15(22)11-6-4-5-7-12(11)16(19)23/h4-7,10H,3,8-9H2,1-2H3,(H,17,21)(H,18,20)/t10-/m0/s1. The Morgan fingerprint density at radius 2 is 1.70 bits per heavy atom. The van der Waals surface area contributed by atoms with Crippen molar-refractivity contribution in [3.63, 3.8) is 0 Å². The van der Waals surface area contributed by atoms with Gasteiger partial charge < -0.3 is 10.6 Å². The predicted octanol–water partition coefficient (Wildman–Crippen LogP) is 0.314. The number of hydrogen-bond donors (Lipinski definition) is 2. The van der Waals surface area contributed by atoms with Crippen LogP contribution in [-0.4, -0.2) is 47.7 Å². The molecule has 0 unspecified atom stereocenters. The molecule has 0 spiro atoms. The average molecular weight is 317 g/mol. The summed E-state index contributed by atoms with van der Waals surface area (Å²) >= 11 is 0. The molecule has 23 heavy (non-hydrogen) atoms. The Bertz CT molecular complexity index is 621. The molecule has 0 saturated heterocycles. The van der Waals surface area contributed by atoms with Crippen LogP contribution in [0.25, 0.3) is 0 Å². The van der Waals surface area contributed by atoms with E-state index in [4.69, 9.17) is 0 Å². The van der Waals surface area contributed by atoms with Crippen LogP contribution in [0.5, 0.6) is 0 Å². The molecule has 2 rings (SSSR count). The van der Waals surface area contributed by atoms with Gasteiger partial charge in [0, 0.05) is 6.54 Å². The predicted molar refractivity (Wildman–Crippen MR) is 82.7 cm³/mol. The molecular formula is C16H19N3O4. The SMILES string of the molecule is CCCNC(=O)[C@H](C)NC(=O)CN1C(=O)c2ccccc2C1=O. The fourth-order valence-electron chi connectivity index (χ4n) is 2.28. The van der Waals surface area contributed by atoms with Gasteiger partial charge >= 0.3 is 0 Å². The van der Waals surface area contributed by atoms with Crippen LogP contribution in [-0.2, 0) is 9.59 Å². The lowest BCUT2D eigenvalue weighted by atomic mass is 10.1. The van der Waals surface area contributed by atoms with Gasteiger partial charge in [-0.15, -0.1) is 0 Å². The largest absolute Gasteiger partial charge is 0.354 e. The van der Waals surface area contributed by atoms with Crippen LogP contribution in [0.15, 0.2) is 24.3 Å². The zero-order chi connectivity index (χ0) is 17.0. The lowest BCUT2D eigenvalue weighted by Crippen LogP contribution is -2.48. The summed E-state index contributed by atoms with van der Waals surface area (Å²) in [4.78, 5) is 48.9. The second-order valence-electron chi connectivity index (χ2n) is 5.32. The molecule has 1 aliphatic heterocycles. The molecule has 0 saturated carbocycles. The molecule has 1 aliphatic rings. The Morgan fingerprint density at radius 3 is 2.22 bits per heavy atom. The summed E-state index contributed by atoms with van der Waals surface area (Å²) in [6, 6.07) is 5.69. The highest BCUT2D eigenvalue weighted by Gasteiger charge is 2.36. The van der Waals surface area contributed by atoms with E-state index in [1.54, 1.807) is 31.2 Å². The van der Waals surface area contributed by atoms with Gasteiger partial charge in [0.2, 0.25) is 11.8 Å². The summed E-state index contributed by atoms with van der Waals surface area (Å²) in [5, 5.41) is 5.15. The number of nitrogens with zero attached hydrogens (tertiary/aromatic N) is 1. The molecule has 0 bridgehead atoms. The van der Waals surface area contributed by atoms with Crippen molar-refractivity contribution in [2.75, 3.05) is 13.1 Å². The molecule has 122 valence electrons. The Kier molecular flexibility index (Phi) is 5.10. The zero-order valence-electron chi connectivity index (χ0n) is 13.1. The van der Waals surface area contributed by atoms with Crippen LogP contribution in [0.2, 0.25) is 0 Å². The van der Waals surface area contributed by atoms with Crippen molar-refractivity contribution >= 4 is 23.6 Å². The molecule has 1 atom stereocenters. The van der Waals surface area contributed by atoms with E-state index in [1.807, 2.05) is 6.92 Å². The minimum atomic E-state index is -0.732. The number of nitrogens with one attached hydrogen (secondary N) is 2. The quantitative estimate of drug-likeness (QED) is 0.738. The van der Waals surface area contributed by atoms with Gasteiger partial charge in [0.1, 0.15) is 12.6 Å². The lowest BCUT2D eigenvalue weighted by Gasteiger charge is -2.17. The smallest absolute Gasteiger partial charge is 0.262 e. The molecule has 2 N–H and O–H groups in total. The first-order valence-corrected chi connectivity index (χ1v) is 7.48. The molecule has 0 fully saturated rings. The Balaban J connectivity index is 1.95. The molecule has 4 amide bonds. The monoisotopic (exact) mass is 317 g/mol. The van der Waals surface area contributed by atoms with Crippen molar-refractivity contribution < 1.29 is 19.2 Å². The van der Waals surface area contributed by atoms with E-state index in [-0.39, 0.29) is 5.91 Å². The fourth-order valence-corrected chi connectivity index (χ4v) is 2.28. The van der Waals surface area contributed by atoms with Crippen molar-refractivity contribution in [2.45, 2.75) is 26.3 Å². The second-order valence-corrected chi connectivity index (χ2v) is 5.32. The van der Waals surface area contributed by atoms with Gasteiger partial charge in [0.15, 0.2) is 0 Å². The normalized spacial score (nSPS) is 14.4. The summed E-state index contributed by atoms with van der Waals surface area (Å²) in [7, 11) is 0. The van der Waals surface area contributed by atoms with Crippen LogP contribution in [0.4, 0.5) is 0 Å². The highest BCUT2D eigenvalue weighted by atomic mass is 16.2. The minimum Gasteiger partial charge on any atom is -0.354 e. The molecule has 0 radical (unpaired) electrons. The third-order valence-electron chi connectivity index (χ3n) is 3.50. The van der Waals surface area contributed by atoms with Crippen LogP contribution in [0, 0.1) is 0 Å².